The molecule has 0 bridgehead atoms. The van der Waals surface area contributed by atoms with Crippen LogP contribution in [0.4, 0.5) is 34.1 Å². The molecule has 0 fully saturated rings. The lowest BCUT2D eigenvalue weighted by Crippen LogP contribution is -2.29. The molecule has 0 unspecified atom stereocenters. The van der Waals surface area contributed by atoms with Gasteiger partial charge in [-0.15, -0.1) is 22.7 Å². The van der Waals surface area contributed by atoms with Gasteiger partial charge in [0.05, 0.1) is 11.1 Å². The molecular formula is C83H74N2OS2. The summed E-state index contributed by atoms with van der Waals surface area (Å²) in [5.74, 6) is 0. The predicted molar refractivity (Wildman–Crippen MR) is 381 cm³/mol. The Labute approximate surface area is 526 Å². The Morgan fingerprint density at radius 3 is 1.28 bits per heavy atom. The molecule has 15 rings (SSSR count). The number of furan rings is 1. The highest BCUT2D eigenvalue weighted by Crippen LogP contribution is 2.63. The summed E-state index contributed by atoms with van der Waals surface area (Å²) >= 11 is 3.77. The molecule has 11 aromatic carbocycles. The Morgan fingerprint density at radius 2 is 0.750 bits per heavy atom. The summed E-state index contributed by atoms with van der Waals surface area (Å²) in [6.07, 6.45) is 0. The average molecular weight is 1180 g/mol. The Bertz CT molecular complexity index is 4930. The van der Waals surface area contributed by atoms with Crippen molar-refractivity contribution in [2.24, 2.45) is 0 Å². The van der Waals surface area contributed by atoms with E-state index in [2.05, 4.69) is 323 Å². The third-order valence-corrected chi connectivity index (χ3v) is 21.1. The molecule has 0 saturated heterocycles. The largest absolute Gasteiger partial charge is 0.454 e. The molecule has 1 atom stereocenters. The molecule has 434 valence electrons. The number of benzene rings is 11. The molecule has 1 aliphatic carbocycles. The number of rotatable bonds is 8. The van der Waals surface area contributed by atoms with E-state index < -0.39 is 5.41 Å². The number of fused-ring (bicyclic) bond motifs is 13. The number of nitrogens with zero attached hydrogens (tertiary/aromatic N) is 2. The molecule has 0 spiro atoms. The second-order valence-corrected chi connectivity index (χ2v) is 30.7. The summed E-state index contributed by atoms with van der Waals surface area (Å²) in [7, 11) is 0. The molecule has 88 heavy (non-hydrogen) atoms. The van der Waals surface area contributed by atoms with Crippen molar-refractivity contribution in [2.45, 2.75) is 110 Å². The van der Waals surface area contributed by atoms with E-state index in [1.54, 1.807) is 0 Å². The number of thiophene rings is 2. The van der Waals surface area contributed by atoms with Crippen LogP contribution in [-0.4, -0.2) is 0 Å². The third kappa shape index (κ3) is 9.01. The van der Waals surface area contributed by atoms with Crippen molar-refractivity contribution < 1.29 is 4.42 Å². The Kier molecular flexibility index (Phi) is 12.8. The van der Waals surface area contributed by atoms with E-state index >= 15 is 0 Å². The molecule has 0 saturated carbocycles. The maximum atomic E-state index is 7.47. The van der Waals surface area contributed by atoms with Crippen LogP contribution in [0.15, 0.2) is 235 Å². The summed E-state index contributed by atoms with van der Waals surface area (Å²) in [5, 5.41) is 7.30. The first-order valence-corrected chi connectivity index (χ1v) is 32.8. The van der Waals surface area contributed by atoms with Crippen LogP contribution in [0.2, 0.25) is 0 Å². The van der Waals surface area contributed by atoms with Crippen LogP contribution in [0.1, 0.15) is 128 Å². The molecule has 0 N–H and O–H groups in total. The topological polar surface area (TPSA) is 19.6 Å². The van der Waals surface area contributed by atoms with Gasteiger partial charge in [-0.3, -0.25) is 0 Å². The fourth-order valence-corrected chi connectivity index (χ4v) is 16.2. The van der Waals surface area contributed by atoms with E-state index in [1.807, 2.05) is 22.7 Å². The molecule has 0 amide bonds. The van der Waals surface area contributed by atoms with Gasteiger partial charge in [0.15, 0.2) is 5.58 Å². The summed E-state index contributed by atoms with van der Waals surface area (Å²) in [4.78, 5) is 4.95. The van der Waals surface area contributed by atoms with Gasteiger partial charge in [-0.05, 0) is 180 Å². The fraction of sp³-hybridized carbons (Fsp3) is 0.205. The van der Waals surface area contributed by atoms with E-state index in [-0.39, 0.29) is 21.7 Å². The summed E-state index contributed by atoms with van der Waals surface area (Å²) in [6.45, 7) is 27.6. The minimum Gasteiger partial charge on any atom is -0.454 e. The smallest absolute Gasteiger partial charge is 0.160 e. The van der Waals surface area contributed by atoms with Crippen LogP contribution < -0.4 is 9.80 Å². The first-order chi connectivity index (χ1) is 42.1. The van der Waals surface area contributed by atoms with Crippen LogP contribution in [0.3, 0.4) is 0 Å². The second kappa shape index (κ2) is 20.2. The number of anilines is 6. The predicted octanol–water partition coefficient (Wildman–Crippen LogP) is 24.8. The van der Waals surface area contributed by atoms with Crippen molar-refractivity contribution in [3.8, 4) is 11.1 Å². The first-order valence-electron chi connectivity index (χ1n) is 31.1. The highest BCUT2D eigenvalue weighted by molar-refractivity contribution is 7.26. The minimum atomic E-state index is -0.890. The van der Waals surface area contributed by atoms with Crippen molar-refractivity contribution in [1.29, 1.82) is 0 Å². The van der Waals surface area contributed by atoms with E-state index in [0.29, 0.717) is 0 Å². The van der Waals surface area contributed by atoms with Gasteiger partial charge in [0.25, 0.3) is 0 Å². The van der Waals surface area contributed by atoms with Crippen LogP contribution in [0, 0.1) is 0 Å². The van der Waals surface area contributed by atoms with Gasteiger partial charge < -0.3 is 14.2 Å². The van der Waals surface area contributed by atoms with Crippen molar-refractivity contribution in [3.05, 3.63) is 275 Å². The van der Waals surface area contributed by atoms with Gasteiger partial charge >= 0.3 is 0 Å². The molecule has 3 nitrogen and oxygen atoms in total. The first kappa shape index (κ1) is 55.8. The lowest BCUT2D eigenvalue weighted by molar-refractivity contribution is 0.590. The molecule has 14 aromatic rings. The summed E-state index contributed by atoms with van der Waals surface area (Å²) < 4.78 is 12.6. The van der Waals surface area contributed by atoms with Crippen LogP contribution >= 0.6 is 22.7 Å². The van der Waals surface area contributed by atoms with Crippen LogP contribution in [-0.2, 0) is 27.1 Å². The maximum absolute atomic E-state index is 7.47. The average Bonchev–Trinajstić information content (AvgIpc) is 1.51. The number of para-hydroxylation sites is 1. The zero-order valence-corrected chi connectivity index (χ0v) is 54.2. The molecule has 0 radical (unpaired) electrons. The standard InChI is InChI=1S/C83H74N2OS2/c1-79(2,3)51-25-35-57(36-26-51)84(58-37-27-52(28-38-58)80(4,5)6)61-43-45-65-68(49-61)83(55-34-46-74-67(47-55)63-20-15-18-24-73(63)87-74,56-33-44-64-62-19-14-17-23-72(62)88-75(64)48-56)69-50-70(78-77(76(65)69)66-21-13-16-22-71(66)86-78)85(59-39-29-53(30-40-59)81(7,8)9)60-41-31-54(32-42-60)82(10,11)12/h13-50H,1-12H3/t83-/m1/s1. The van der Waals surface area contributed by atoms with Gasteiger partial charge in [-0.2, -0.15) is 0 Å². The minimum absolute atomic E-state index is 0.0101. The summed E-state index contributed by atoms with van der Waals surface area (Å²) in [6, 6.07) is 88.4. The SMILES string of the molecule is CC(C)(C)c1ccc(N(c2ccc(C(C)(C)C)cc2)c2ccc3c(c2)[C@](c2ccc4c(c2)sc2ccccc24)(c2ccc4sc5ccccc5c4c2)c2cc(N(c4ccc(C(C)(C)C)cc4)c4ccc(C(C)(C)C)cc4)c4oc5ccccc5c4c2-3)cc1. The van der Waals surface area contributed by atoms with E-state index in [1.165, 1.54) is 96.0 Å². The maximum Gasteiger partial charge on any atom is 0.160 e. The highest BCUT2D eigenvalue weighted by Gasteiger charge is 2.49. The van der Waals surface area contributed by atoms with Crippen LogP contribution in [0.5, 0.6) is 0 Å². The normalized spacial score (nSPS) is 14.6. The number of hydrogen-bond donors (Lipinski definition) is 0. The molecular weight excluding hydrogens is 1110 g/mol. The third-order valence-electron chi connectivity index (χ3n) is 18.8. The van der Waals surface area contributed by atoms with Crippen molar-refractivity contribution in [3.63, 3.8) is 0 Å². The van der Waals surface area contributed by atoms with Gasteiger partial charge in [0.2, 0.25) is 0 Å². The van der Waals surface area contributed by atoms with Crippen LogP contribution in [0.25, 0.3) is 73.4 Å². The van der Waals surface area contributed by atoms with Gasteiger partial charge in [0, 0.05) is 79.6 Å². The molecule has 0 aliphatic heterocycles. The van der Waals surface area contributed by atoms with E-state index in [4.69, 9.17) is 4.42 Å². The zero-order chi connectivity index (χ0) is 60.8. The quantitative estimate of drug-likeness (QED) is 0.151. The summed E-state index contributed by atoms with van der Waals surface area (Å²) in [5.41, 5.74) is 19.5. The Hall–Kier alpha value is -8.74. The molecule has 1 aliphatic rings. The van der Waals surface area contributed by atoms with Crippen molar-refractivity contribution in [2.75, 3.05) is 9.80 Å². The van der Waals surface area contributed by atoms with Gasteiger partial charge in [-0.25, -0.2) is 0 Å². The Balaban J connectivity index is 1.10. The van der Waals surface area contributed by atoms with E-state index in [0.717, 1.165) is 56.1 Å². The molecule has 3 heterocycles. The van der Waals surface area contributed by atoms with E-state index in [9.17, 15) is 0 Å². The molecule has 5 heteroatoms. The zero-order valence-electron chi connectivity index (χ0n) is 52.6. The highest BCUT2D eigenvalue weighted by atomic mass is 32.1. The number of hydrogen-bond acceptors (Lipinski definition) is 5. The monoisotopic (exact) mass is 1180 g/mol. The van der Waals surface area contributed by atoms with Crippen molar-refractivity contribution in [1.82, 2.24) is 0 Å². The second-order valence-electron chi connectivity index (χ2n) is 28.6. The lowest BCUT2D eigenvalue weighted by Gasteiger charge is -2.36. The lowest BCUT2D eigenvalue weighted by atomic mass is 9.67. The van der Waals surface area contributed by atoms with Crippen molar-refractivity contribution >= 4 is 119 Å². The van der Waals surface area contributed by atoms with Gasteiger partial charge in [-0.1, -0.05) is 210 Å². The Morgan fingerprint density at radius 1 is 0.330 bits per heavy atom. The van der Waals surface area contributed by atoms with Gasteiger partial charge in [0.1, 0.15) is 5.58 Å². The fourth-order valence-electron chi connectivity index (χ4n) is 14.0. The molecule has 3 aromatic heterocycles.